The third-order valence-electron chi connectivity index (χ3n) is 6.96. The first-order valence-electron chi connectivity index (χ1n) is 12.7. The van der Waals surface area contributed by atoms with Crippen LogP contribution in [0.3, 0.4) is 0 Å². The Balaban J connectivity index is 1.34. The molecule has 1 aliphatic heterocycles. The maximum absolute atomic E-state index is 13.5. The van der Waals surface area contributed by atoms with Crippen molar-refractivity contribution < 1.29 is 9.15 Å². The molecular weight excluding hydrogens is 468 g/mol. The van der Waals surface area contributed by atoms with Crippen molar-refractivity contribution >= 4 is 16.7 Å². The van der Waals surface area contributed by atoms with Crippen LogP contribution in [-0.2, 0) is 19.6 Å². The summed E-state index contributed by atoms with van der Waals surface area (Å²) in [5.74, 6) is 0.581. The molecular formula is C28H34N6O3. The highest BCUT2D eigenvalue weighted by Gasteiger charge is 2.17. The van der Waals surface area contributed by atoms with Crippen molar-refractivity contribution in [1.29, 1.82) is 0 Å². The van der Waals surface area contributed by atoms with Gasteiger partial charge in [0.2, 0.25) is 5.88 Å². The minimum Gasteiger partial charge on any atom is -0.481 e. The molecule has 0 N–H and O–H groups in total. The Morgan fingerprint density at radius 1 is 1.08 bits per heavy atom. The quantitative estimate of drug-likeness (QED) is 0.327. The number of anilines is 1. The number of nitrogens with zero attached hydrogens (tertiary/aromatic N) is 6. The van der Waals surface area contributed by atoms with Gasteiger partial charge in [-0.2, -0.15) is 0 Å². The van der Waals surface area contributed by atoms with Gasteiger partial charge >= 0.3 is 0 Å². The molecule has 0 spiro atoms. The standard InChI is InChI=1S/C28H34N6O3/c1-31-12-14-34(15-13-31)24-4-5-25-26(17-24)37-20-23(28(25)35)19-33(10-3-9-32-11-8-29-21-32)18-22-6-7-30-27(16-22)36-2/h4-8,11,16-17,20-21H,3,9-10,12-15,18-19H2,1-2H3. The molecule has 1 aromatic carbocycles. The Labute approximate surface area is 216 Å². The summed E-state index contributed by atoms with van der Waals surface area (Å²) in [6.45, 7) is 6.83. The fourth-order valence-electron chi connectivity index (χ4n) is 4.80. The second-order valence-corrected chi connectivity index (χ2v) is 9.63. The Morgan fingerprint density at radius 2 is 1.95 bits per heavy atom. The summed E-state index contributed by atoms with van der Waals surface area (Å²) in [6, 6.07) is 9.87. The van der Waals surface area contributed by atoms with Gasteiger partial charge in [0.25, 0.3) is 0 Å². The molecule has 4 heterocycles. The highest BCUT2D eigenvalue weighted by Crippen LogP contribution is 2.23. The lowest BCUT2D eigenvalue weighted by molar-refractivity contribution is 0.245. The number of pyridine rings is 1. The number of aryl methyl sites for hydroxylation is 1. The summed E-state index contributed by atoms with van der Waals surface area (Å²) >= 11 is 0. The van der Waals surface area contributed by atoms with Crippen LogP contribution in [0.4, 0.5) is 5.69 Å². The molecule has 0 saturated carbocycles. The highest BCUT2D eigenvalue weighted by molar-refractivity contribution is 5.81. The van der Waals surface area contributed by atoms with Crippen LogP contribution in [0.25, 0.3) is 11.0 Å². The largest absolute Gasteiger partial charge is 0.481 e. The first-order valence-corrected chi connectivity index (χ1v) is 12.7. The van der Waals surface area contributed by atoms with Crippen molar-refractivity contribution in [1.82, 2.24) is 24.3 Å². The van der Waals surface area contributed by atoms with E-state index in [1.807, 2.05) is 42.9 Å². The molecule has 0 aliphatic carbocycles. The molecule has 1 fully saturated rings. The summed E-state index contributed by atoms with van der Waals surface area (Å²) in [7, 11) is 3.76. The van der Waals surface area contributed by atoms with Gasteiger partial charge in [-0.15, -0.1) is 0 Å². The Kier molecular flexibility index (Phi) is 7.82. The second kappa shape index (κ2) is 11.6. The van der Waals surface area contributed by atoms with Crippen LogP contribution in [0.5, 0.6) is 5.88 Å². The van der Waals surface area contributed by atoms with Gasteiger partial charge in [-0.1, -0.05) is 0 Å². The Hall–Kier alpha value is -3.69. The summed E-state index contributed by atoms with van der Waals surface area (Å²) < 4.78 is 13.4. The molecule has 1 aliphatic rings. The maximum Gasteiger partial charge on any atom is 0.213 e. The number of aromatic nitrogens is 3. The number of hydrogen-bond acceptors (Lipinski definition) is 8. The molecule has 194 valence electrons. The van der Waals surface area contributed by atoms with Gasteiger partial charge in [0, 0.05) is 94.3 Å². The third-order valence-corrected chi connectivity index (χ3v) is 6.96. The molecule has 5 rings (SSSR count). The van der Waals surface area contributed by atoms with Gasteiger partial charge in [-0.25, -0.2) is 9.97 Å². The van der Waals surface area contributed by atoms with E-state index in [1.165, 1.54) is 0 Å². The van der Waals surface area contributed by atoms with Crippen LogP contribution in [0.1, 0.15) is 17.5 Å². The van der Waals surface area contributed by atoms with Crippen LogP contribution in [0.2, 0.25) is 0 Å². The number of piperazine rings is 1. The summed E-state index contributed by atoms with van der Waals surface area (Å²) in [5, 5.41) is 0.624. The van der Waals surface area contributed by atoms with Gasteiger partial charge in [-0.3, -0.25) is 9.69 Å². The number of benzene rings is 1. The maximum atomic E-state index is 13.5. The summed E-state index contributed by atoms with van der Waals surface area (Å²) in [6.07, 6.45) is 9.88. The number of fused-ring (bicyclic) bond motifs is 1. The lowest BCUT2D eigenvalue weighted by Crippen LogP contribution is -2.44. The molecule has 0 atom stereocenters. The third kappa shape index (κ3) is 6.18. The highest BCUT2D eigenvalue weighted by atomic mass is 16.5. The zero-order chi connectivity index (χ0) is 25.6. The number of rotatable bonds is 10. The van der Waals surface area contributed by atoms with E-state index in [9.17, 15) is 4.79 Å². The Morgan fingerprint density at radius 3 is 2.73 bits per heavy atom. The van der Waals surface area contributed by atoms with Gasteiger partial charge < -0.3 is 23.5 Å². The first kappa shape index (κ1) is 25.0. The Bertz CT molecular complexity index is 1360. The molecule has 1 saturated heterocycles. The minimum absolute atomic E-state index is 0.0260. The summed E-state index contributed by atoms with van der Waals surface area (Å²) in [5.41, 5.74) is 3.50. The number of ether oxygens (including phenoxy) is 1. The molecule has 0 bridgehead atoms. The second-order valence-electron chi connectivity index (χ2n) is 9.63. The molecule has 4 aromatic rings. The van der Waals surface area contributed by atoms with E-state index in [2.05, 4.69) is 36.3 Å². The van der Waals surface area contributed by atoms with E-state index in [0.29, 0.717) is 35.5 Å². The predicted molar refractivity (Wildman–Crippen MR) is 144 cm³/mol. The van der Waals surface area contributed by atoms with Gasteiger partial charge in [0.15, 0.2) is 5.43 Å². The van der Waals surface area contributed by atoms with Gasteiger partial charge in [0.1, 0.15) is 5.58 Å². The van der Waals surface area contributed by atoms with Crippen molar-refractivity contribution in [3.8, 4) is 5.88 Å². The molecule has 9 nitrogen and oxygen atoms in total. The van der Waals surface area contributed by atoms with E-state index >= 15 is 0 Å². The molecule has 9 heteroatoms. The smallest absolute Gasteiger partial charge is 0.213 e. The van der Waals surface area contributed by atoms with E-state index in [0.717, 1.165) is 56.9 Å². The van der Waals surface area contributed by atoms with Crippen molar-refractivity contribution in [2.24, 2.45) is 0 Å². The monoisotopic (exact) mass is 502 g/mol. The molecule has 0 amide bonds. The first-order chi connectivity index (χ1) is 18.1. The minimum atomic E-state index is 0.0260. The van der Waals surface area contributed by atoms with Crippen LogP contribution in [0.15, 0.2) is 70.7 Å². The molecule has 37 heavy (non-hydrogen) atoms. The van der Waals surface area contributed by atoms with Crippen molar-refractivity contribution in [2.45, 2.75) is 26.1 Å². The van der Waals surface area contributed by atoms with E-state index in [4.69, 9.17) is 9.15 Å². The summed E-state index contributed by atoms with van der Waals surface area (Å²) in [4.78, 5) is 28.7. The van der Waals surface area contributed by atoms with Crippen LogP contribution in [0, 0.1) is 0 Å². The van der Waals surface area contributed by atoms with E-state index in [1.54, 1.807) is 25.8 Å². The fourth-order valence-corrected chi connectivity index (χ4v) is 4.80. The van der Waals surface area contributed by atoms with E-state index < -0.39 is 0 Å². The number of imidazole rings is 1. The normalized spacial score (nSPS) is 14.5. The van der Waals surface area contributed by atoms with Gasteiger partial charge in [0.05, 0.1) is 25.1 Å². The van der Waals surface area contributed by atoms with Crippen molar-refractivity contribution in [3.63, 3.8) is 0 Å². The SMILES string of the molecule is COc1cc(CN(CCCn2ccnc2)Cc2coc3cc(N4CCN(C)CC4)ccc3c2=O)ccn1. The number of likely N-dealkylation sites (N-methyl/N-ethyl adjacent to an activating group) is 1. The molecule has 0 unspecified atom stereocenters. The number of hydrogen-bond donors (Lipinski definition) is 0. The van der Waals surface area contributed by atoms with Crippen molar-refractivity contribution in [2.75, 3.05) is 51.8 Å². The lowest BCUT2D eigenvalue weighted by atomic mass is 10.1. The zero-order valence-electron chi connectivity index (χ0n) is 21.5. The van der Waals surface area contributed by atoms with Crippen LogP contribution in [-0.4, -0.2) is 71.2 Å². The van der Waals surface area contributed by atoms with E-state index in [-0.39, 0.29) is 5.43 Å². The van der Waals surface area contributed by atoms with Crippen LogP contribution < -0.4 is 15.1 Å². The molecule has 0 radical (unpaired) electrons. The zero-order valence-corrected chi connectivity index (χ0v) is 21.5. The lowest BCUT2D eigenvalue weighted by Gasteiger charge is -2.34. The van der Waals surface area contributed by atoms with Crippen LogP contribution >= 0.6 is 0 Å². The average Bonchev–Trinajstić information content (AvgIpc) is 3.44. The number of methoxy groups -OCH3 is 1. The average molecular weight is 503 g/mol. The van der Waals surface area contributed by atoms with Crippen molar-refractivity contribution in [3.05, 3.63) is 82.9 Å². The predicted octanol–water partition coefficient (Wildman–Crippen LogP) is 3.24. The molecule has 3 aromatic heterocycles. The topological polar surface area (TPSA) is 79.9 Å². The fraction of sp³-hybridized carbons (Fsp3) is 0.393. The van der Waals surface area contributed by atoms with Gasteiger partial charge in [-0.05, 0) is 37.2 Å².